The van der Waals surface area contributed by atoms with Crippen LogP contribution in [0.5, 0.6) is 5.75 Å². The average molecular weight is 293 g/mol. The molecule has 2 aromatic rings. The van der Waals surface area contributed by atoms with Crippen LogP contribution in [-0.2, 0) is 6.54 Å². The number of ether oxygens (including phenoxy) is 1. The van der Waals surface area contributed by atoms with Crippen LogP contribution in [0.3, 0.4) is 0 Å². The molecule has 2 rings (SSSR count). The smallest absolute Gasteiger partial charge is 0.168 e. The fourth-order valence-corrected chi connectivity index (χ4v) is 1.98. The summed E-state index contributed by atoms with van der Waals surface area (Å²) in [6.07, 6.45) is 0. The number of halogens is 2. The molecular weight excluding hydrogens is 276 g/mol. The number of anilines is 2. The van der Waals surface area contributed by atoms with Gasteiger partial charge in [-0.2, -0.15) is 0 Å². The molecule has 4 nitrogen and oxygen atoms in total. The van der Waals surface area contributed by atoms with Crippen molar-refractivity contribution in [1.29, 1.82) is 0 Å². The highest BCUT2D eigenvalue weighted by Gasteiger charge is 2.14. The second-order valence-electron chi connectivity index (χ2n) is 4.58. The lowest BCUT2D eigenvalue weighted by Gasteiger charge is -2.20. The number of benzene rings is 1. The molecule has 1 N–H and O–H groups in total. The third kappa shape index (κ3) is 3.39. The number of aromatic nitrogens is 1. The minimum absolute atomic E-state index is 0.0213. The molecule has 1 aromatic heterocycles. The normalized spacial score (nSPS) is 10.3. The first-order valence-electron chi connectivity index (χ1n) is 6.43. The largest absolute Gasteiger partial charge is 0.497 e. The van der Waals surface area contributed by atoms with Gasteiger partial charge < -0.3 is 15.0 Å². The Bertz CT molecular complexity index is 617. The summed E-state index contributed by atoms with van der Waals surface area (Å²) in [5.41, 5.74) is 0.967. The second-order valence-corrected chi connectivity index (χ2v) is 4.58. The molecule has 6 heteroatoms. The maximum Gasteiger partial charge on any atom is 0.168 e. The number of nitrogens with one attached hydrogen (secondary N) is 1. The summed E-state index contributed by atoms with van der Waals surface area (Å²) in [6.45, 7) is 0.447. The van der Waals surface area contributed by atoms with Gasteiger partial charge in [0.05, 0.1) is 7.11 Å². The van der Waals surface area contributed by atoms with Crippen LogP contribution >= 0.6 is 0 Å². The van der Waals surface area contributed by atoms with Gasteiger partial charge in [0.1, 0.15) is 5.75 Å². The summed E-state index contributed by atoms with van der Waals surface area (Å²) in [4.78, 5) is 5.58. The van der Waals surface area contributed by atoms with E-state index in [4.69, 9.17) is 4.74 Å². The molecule has 0 radical (unpaired) electrons. The van der Waals surface area contributed by atoms with Crippen molar-refractivity contribution in [1.82, 2.24) is 4.98 Å². The first-order valence-corrected chi connectivity index (χ1v) is 6.43. The van der Waals surface area contributed by atoms with Crippen molar-refractivity contribution in [3.8, 4) is 5.75 Å². The molecule has 0 amide bonds. The summed E-state index contributed by atoms with van der Waals surface area (Å²) < 4.78 is 32.3. The first-order chi connectivity index (χ1) is 10.0. The summed E-state index contributed by atoms with van der Waals surface area (Å²) >= 11 is 0. The van der Waals surface area contributed by atoms with E-state index in [0.29, 0.717) is 6.54 Å². The van der Waals surface area contributed by atoms with Gasteiger partial charge in [0, 0.05) is 26.7 Å². The van der Waals surface area contributed by atoms with E-state index in [2.05, 4.69) is 10.3 Å². The van der Waals surface area contributed by atoms with Crippen molar-refractivity contribution in [2.24, 2.45) is 0 Å². The van der Waals surface area contributed by atoms with Crippen LogP contribution in [0.4, 0.5) is 20.4 Å². The van der Waals surface area contributed by atoms with Gasteiger partial charge in [0.25, 0.3) is 0 Å². The highest BCUT2D eigenvalue weighted by molar-refractivity contribution is 5.49. The van der Waals surface area contributed by atoms with E-state index in [1.807, 2.05) is 24.3 Å². The Morgan fingerprint density at radius 1 is 1.19 bits per heavy atom. The highest BCUT2D eigenvalue weighted by atomic mass is 19.1. The van der Waals surface area contributed by atoms with Gasteiger partial charge in [-0.15, -0.1) is 0 Å². The molecule has 0 aliphatic carbocycles. The molecule has 0 unspecified atom stereocenters. The van der Waals surface area contributed by atoms with Crippen molar-refractivity contribution >= 4 is 11.6 Å². The summed E-state index contributed by atoms with van der Waals surface area (Å²) in [5, 5.41) is 2.60. The molecule has 0 bridgehead atoms. The molecule has 0 atom stereocenters. The Kier molecular flexibility index (Phi) is 4.57. The number of methoxy groups -OCH3 is 1. The van der Waals surface area contributed by atoms with Crippen LogP contribution in [0.1, 0.15) is 5.56 Å². The lowest BCUT2D eigenvalue weighted by Crippen LogP contribution is -2.20. The molecule has 21 heavy (non-hydrogen) atoms. The molecule has 0 aliphatic rings. The number of rotatable bonds is 5. The monoisotopic (exact) mass is 293 g/mol. The zero-order valence-corrected chi connectivity index (χ0v) is 12.2. The summed E-state index contributed by atoms with van der Waals surface area (Å²) in [6, 6.07) is 8.26. The molecule has 1 aromatic carbocycles. The SMILES string of the molecule is CNc1nc(N(C)Cc2ccc(OC)cc2)c(F)cc1F. The zero-order valence-electron chi connectivity index (χ0n) is 12.2. The number of hydrogen-bond acceptors (Lipinski definition) is 4. The highest BCUT2D eigenvalue weighted by Crippen LogP contribution is 2.23. The Balaban J connectivity index is 2.21. The van der Waals surface area contributed by atoms with Crippen molar-refractivity contribution in [3.05, 3.63) is 47.5 Å². The van der Waals surface area contributed by atoms with Gasteiger partial charge >= 0.3 is 0 Å². The van der Waals surface area contributed by atoms with Crippen molar-refractivity contribution in [2.75, 3.05) is 31.4 Å². The van der Waals surface area contributed by atoms with E-state index in [1.165, 1.54) is 7.05 Å². The third-order valence-corrected chi connectivity index (χ3v) is 3.09. The summed E-state index contributed by atoms with van der Waals surface area (Å²) in [5.74, 6) is -0.534. The van der Waals surface area contributed by atoms with Crippen LogP contribution in [0.25, 0.3) is 0 Å². The third-order valence-electron chi connectivity index (χ3n) is 3.09. The Morgan fingerprint density at radius 3 is 2.43 bits per heavy atom. The molecule has 1 heterocycles. The van der Waals surface area contributed by atoms with Crippen LogP contribution in [0, 0.1) is 11.6 Å². The van der Waals surface area contributed by atoms with E-state index < -0.39 is 11.6 Å². The quantitative estimate of drug-likeness (QED) is 0.919. The van der Waals surface area contributed by atoms with E-state index >= 15 is 0 Å². The first kappa shape index (κ1) is 15.0. The van der Waals surface area contributed by atoms with Gasteiger partial charge in [-0.3, -0.25) is 0 Å². The minimum Gasteiger partial charge on any atom is -0.497 e. The molecular formula is C15H17F2N3O. The summed E-state index contributed by atoms with van der Waals surface area (Å²) in [7, 11) is 4.84. The predicted octanol–water partition coefficient (Wildman–Crippen LogP) is 3.05. The fraction of sp³-hybridized carbons (Fsp3) is 0.267. The second kappa shape index (κ2) is 6.39. The van der Waals surface area contributed by atoms with Crippen LogP contribution in [0.2, 0.25) is 0 Å². The average Bonchev–Trinajstić information content (AvgIpc) is 2.48. The van der Waals surface area contributed by atoms with Gasteiger partial charge in [-0.25, -0.2) is 13.8 Å². The van der Waals surface area contributed by atoms with E-state index in [9.17, 15) is 8.78 Å². The van der Waals surface area contributed by atoms with Crippen LogP contribution in [-0.4, -0.2) is 26.2 Å². The standard InChI is InChI=1S/C15H17F2N3O/c1-18-14-12(16)8-13(17)15(19-14)20(2)9-10-4-6-11(21-3)7-5-10/h4-8H,9H2,1-3H3,(H,18,19). The van der Waals surface area contributed by atoms with Crippen molar-refractivity contribution < 1.29 is 13.5 Å². The van der Waals surface area contributed by atoms with Crippen molar-refractivity contribution in [3.63, 3.8) is 0 Å². The molecule has 112 valence electrons. The Labute approximate surface area is 122 Å². The molecule has 0 fully saturated rings. The molecule has 0 saturated heterocycles. The predicted molar refractivity (Wildman–Crippen MR) is 78.8 cm³/mol. The minimum atomic E-state index is -0.711. The van der Waals surface area contributed by atoms with Gasteiger partial charge in [0.15, 0.2) is 23.3 Å². The molecule has 0 saturated carbocycles. The number of hydrogen-bond donors (Lipinski definition) is 1. The maximum atomic E-state index is 13.8. The molecule has 0 aliphatic heterocycles. The number of nitrogens with zero attached hydrogens (tertiary/aromatic N) is 2. The topological polar surface area (TPSA) is 37.4 Å². The Morgan fingerprint density at radius 2 is 1.86 bits per heavy atom. The van der Waals surface area contributed by atoms with Crippen LogP contribution < -0.4 is 15.0 Å². The van der Waals surface area contributed by atoms with Gasteiger partial charge in [-0.1, -0.05) is 12.1 Å². The number of pyridine rings is 1. The van der Waals surface area contributed by atoms with Gasteiger partial charge in [-0.05, 0) is 17.7 Å². The zero-order chi connectivity index (χ0) is 15.4. The van der Waals surface area contributed by atoms with Crippen LogP contribution in [0.15, 0.2) is 30.3 Å². The molecule has 0 spiro atoms. The van der Waals surface area contributed by atoms with Crippen molar-refractivity contribution in [2.45, 2.75) is 6.54 Å². The van der Waals surface area contributed by atoms with E-state index in [0.717, 1.165) is 17.4 Å². The Hall–Kier alpha value is -2.37. The van der Waals surface area contributed by atoms with Gasteiger partial charge in [0.2, 0.25) is 0 Å². The van der Waals surface area contributed by atoms with E-state index in [-0.39, 0.29) is 11.6 Å². The fourth-order valence-electron chi connectivity index (χ4n) is 1.98. The lowest BCUT2D eigenvalue weighted by atomic mass is 10.2. The van der Waals surface area contributed by atoms with E-state index in [1.54, 1.807) is 19.1 Å². The lowest BCUT2D eigenvalue weighted by molar-refractivity contribution is 0.414. The maximum absolute atomic E-state index is 13.8.